The van der Waals surface area contributed by atoms with Crippen molar-refractivity contribution in [2.45, 2.75) is 25.2 Å². The van der Waals surface area contributed by atoms with E-state index in [-0.39, 0.29) is 18.1 Å². The summed E-state index contributed by atoms with van der Waals surface area (Å²) in [4.78, 5) is 5.73. The number of pyridine rings is 1. The molecule has 1 aliphatic carbocycles. The Balaban J connectivity index is 1.72. The van der Waals surface area contributed by atoms with Crippen molar-refractivity contribution in [1.29, 1.82) is 0 Å². The van der Waals surface area contributed by atoms with Gasteiger partial charge in [0, 0.05) is 31.1 Å². The smallest absolute Gasteiger partial charge is 0.254 e. The first kappa shape index (κ1) is 10.9. The summed E-state index contributed by atoms with van der Waals surface area (Å²) < 4.78 is 39.8. The zero-order valence-corrected chi connectivity index (χ0v) is 9.30. The highest BCUT2D eigenvalue weighted by molar-refractivity contribution is 5.40. The molecule has 0 N–H and O–H groups in total. The van der Waals surface area contributed by atoms with E-state index in [9.17, 15) is 13.2 Å². The minimum atomic E-state index is -2.50. The molecule has 0 radical (unpaired) electrons. The van der Waals surface area contributed by atoms with Crippen LogP contribution in [0, 0.1) is 11.2 Å². The number of piperidine rings is 1. The van der Waals surface area contributed by atoms with E-state index in [1.54, 1.807) is 4.90 Å². The number of nitrogens with zero attached hydrogens (tertiary/aromatic N) is 2. The second kappa shape index (κ2) is 3.37. The predicted octanol–water partition coefficient (Wildman–Crippen LogP) is 2.85. The molecule has 1 saturated heterocycles. The summed E-state index contributed by atoms with van der Waals surface area (Å²) in [6.45, 7) is 0.924. The summed E-state index contributed by atoms with van der Waals surface area (Å²) in [6, 6.07) is 2.87. The van der Waals surface area contributed by atoms with Crippen molar-refractivity contribution in [3.8, 4) is 0 Å². The Morgan fingerprint density at radius 2 is 1.88 bits per heavy atom. The van der Waals surface area contributed by atoms with Crippen molar-refractivity contribution in [2.24, 2.45) is 5.41 Å². The first-order chi connectivity index (χ1) is 8.04. The summed E-state index contributed by atoms with van der Waals surface area (Å²) in [5.41, 5.74) is -0.797. The number of anilines is 1. The summed E-state index contributed by atoms with van der Waals surface area (Å²) in [5, 5.41) is 0. The van der Waals surface area contributed by atoms with E-state index < -0.39 is 11.3 Å². The fraction of sp³-hybridized carbons (Fsp3) is 0.583. The lowest BCUT2D eigenvalue weighted by atomic mass is 9.93. The minimum absolute atomic E-state index is 0.00145. The Morgan fingerprint density at radius 3 is 2.41 bits per heavy atom. The van der Waals surface area contributed by atoms with Gasteiger partial charge in [0.15, 0.2) is 11.6 Å². The minimum Gasteiger partial charge on any atom is -0.354 e. The number of halogens is 3. The van der Waals surface area contributed by atoms with Crippen LogP contribution in [0.15, 0.2) is 18.3 Å². The van der Waals surface area contributed by atoms with E-state index in [1.165, 1.54) is 18.3 Å². The lowest BCUT2D eigenvalue weighted by molar-refractivity contribution is 0.0536. The molecule has 1 aromatic rings. The largest absolute Gasteiger partial charge is 0.354 e. The molecule has 1 spiro atoms. The van der Waals surface area contributed by atoms with Gasteiger partial charge in [-0.05, 0) is 25.0 Å². The lowest BCUT2D eigenvalue weighted by Gasteiger charge is -2.33. The highest BCUT2D eigenvalue weighted by Crippen LogP contribution is 2.65. The Labute approximate surface area is 97.5 Å². The SMILES string of the molecule is Fc1cccnc1N1CCC2(CC1)CC2(F)F. The maximum absolute atomic E-state index is 13.5. The molecule has 0 unspecified atom stereocenters. The standard InChI is InChI=1S/C12H13F3N2/c13-9-2-1-5-16-10(9)17-6-3-11(4-7-17)8-12(11,14)15/h1-2,5H,3-4,6-8H2. The monoisotopic (exact) mass is 242 g/mol. The average molecular weight is 242 g/mol. The molecule has 3 rings (SSSR count). The third kappa shape index (κ3) is 1.59. The molecule has 0 amide bonds. The molecule has 1 aromatic heterocycles. The first-order valence-electron chi connectivity index (χ1n) is 5.77. The Kier molecular flexibility index (Phi) is 2.15. The van der Waals surface area contributed by atoms with Gasteiger partial charge in [0.2, 0.25) is 0 Å². The van der Waals surface area contributed by atoms with Gasteiger partial charge in [-0.2, -0.15) is 0 Å². The molecule has 0 bridgehead atoms. The molecule has 2 aliphatic rings. The average Bonchev–Trinajstić information content (AvgIpc) is 2.82. The van der Waals surface area contributed by atoms with Crippen molar-refractivity contribution in [3.05, 3.63) is 24.1 Å². The summed E-state index contributed by atoms with van der Waals surface area (Å²) in [5.74, 6) is -2.60. The van der Waals surface area contributed by atoms with Crippen LogP contribution in [0.4, 0.5) is 19.0 Å². The molecular weight excluding hydrogens is 229 g/mol. The van der Waals surface area contributed by atoms with Gasteiger partial charge in [-0.3, -0.25) is 0 Å². The molecule has 1 saturated carbocycles. The van der Waals surface area contributed by atoms with Crippen molar-refractivity contribution in [2.75, 3.05) is 18.0 Å². The van der Waals surface area contributed by atoms with Gasteiger partial charge in [0.05, 0.1) is 0 Å². The highest BCUT2D eigenvalue weighted by atomic mass is 19.3. The van der Waals surface area contributed by atoms with Gasteiger partial charge in [0.1, 0.15) is 0 Å². The Bertz CT molecular complexity index is 439. The predicted molar refractivity (Wildman–Crippen MR) is 57.6 cm³/mol. The molecule has 0 aromatic carbocycles. The van der Waals surface area contributed by atoms with Crippen molar-refractivity contribution in [3.63, 3.8) is 0 Å². The van der Waals surface area contributed by atoms with E-state index in [4.69, 9.17) is 0 Å². The second-order valence-electron chi connectivity index (χ2n) is 4.96. The van der Waals surface area contributed by atoms with Crippen LogP contribution in [0.25, 0.3) is 0 Å². The van der Waals surface area contributed by atoms with Gasteiger partial charge >= 0.3 is 0 Å². The fourth-order valence-electron chi connectivity index (χ4n) is 2.68. The fourth-order valence-corrected chi connectivity index (χ4v) is 2.68. The van der Waals surface area contributed by atoms with Crippen molar-refractivity contribution < 1.29 is 13.2 Å². The van der Waals surface area contributed by atoms with Crippen LogP contribution in [0.1, 0.15) is 19.3 Å². The molecule has 17 heavy (non-hydrogen) atoms. The van der Waals surface area contributed by atoms with Crippen LogP contribution in [-0.2, 0) is 0 Å². The molecule has 5 heteroatoms. The first-order valence-corrected chi connectivity index (χ1v) is 5.77. The molecule has 92 valence electrons. The normalized spacial score (nSPS) is 25.0. The maximum atomic E-state index is 13.5. The van der Waals surface area contributed by atoms with E-state index in [2.05, 4.69) is 4.98 Å². The molecule has 2 fully saturated rings. The summed E-state index contributed by atoms with van der Waals surface area (Å²) in [6.07, 6.45) is 2.37. The van der Waals surface area contributed by atoms with E-state index in [1.807, 2.05) is 0 Å². The van der Waals surface area contributed by atoms with Gasteiger partial charge in [-0.25, -0.2) is 18.2 Å². The molecular formula is C12H13F3N2. The lowest BCUT2D eigenvalue weighted by Crippen LogP contribution is -2.37. The van der Waals surface area contributed by atoms with Crippen LogP contribution < -0.4 is 4.90 Å². The number of aromatic nitrogens is 1. The molecule has 2 heterocycles. The van der Waals surface area contributed by atoms with Crippen molar-refractivity contribution >= 4 is 5.82 Å². The topological polar surface area (TPSA) is 16.1 Å². The molecule has 0 atom stereocenters. The van der Waals surface area contributed by atoms with Gasteiger partial charge < -0.3 is 4.90 Å². The zero-order chi connectivity index (χ0) is 12.1. The van der Waals surface area contributed by atoms with Gasteiger partial charge in [0.25, 0.3) is 5.92 Å². The van der Waals surface area contributed by atoms with Crippen LogP contribution >= 0.6 is 0 Å². The zero-order valence-electron chi connectivity index (χ0n) is 9.30. The summed E-state index contributed by atoms with van der Waals surface area (Å²) >= 11 is 0. The number of rotatable bonds is 1. The van der Waals surface area contributed by atoms with E-state index in [0.29, 0.717) is 25.9 Å². The summed E-state index contributed by atoms with van der Waals surface area (Å²) in [7, 11) is 0. The Hall–Kier alpha value is -1.26. The third-order valence-electron chi connectivity index (χ3n) is 3.97. The van der Waals surface area contributed by atoms with Crippen LogP contribution in [0.2, 0.25) is 0 Å². The van der Waals surface area contributed by atoms with Gasteiger partial charge in [-0.15, -0.1) is 0 Å². The van der Waals surface area contributed by atoms with E-state index in [0.717, 1.165) is 0 Å². The number of hydrogen-bond acceptors (Lipinski definition) is 2. The van der Waals surface area contributed by atoms with E-state index >= 15 is 0 Å². The highest BCUT2D eigenvalue weighted by Gasteiger charge is 2.70. The second-order valence-corrected chi connectivity index (χ2v) is 4.96. The molecule has 2 nitrogen and oxygen atoms in total. The van der Waals surface area contributed by atoms with Crippen molar-refractivity contribution in [1.82, 2.24) is 4.98 Å². The van der Waals surface area contributed by atoms with Crippen LogP contribution in [0.5, 0.6) is 0 Å². The van der Waals surface area contributed by atoms with Crippen LogP contribution in [0.3, 0.4) is 0 Å². The maximum Gasteiger partial charge on any atom is 0.254 e. The van der Waals surface area contributed by atoms with Gasteiger partial charge in [-0.1, -0.05) is 0 Å². The number of hydrogen-bond donors (Lipinski definition) is 0. The third-order valence-corrected chi connectivity index (χ3v) is 3.97. The number of alkyl halides is 2. The van der Waals surface area contributed by atoms with Crippen LogP contribution in [-0.4, -0.2) is 24.0 Å². The Morgan fingerprint density at radius 1 is 1.24 bits per heavy atom. The molecule has 1 aliphatic heterocycles. The quantitative estimate of drug-likeness (QED) is 0.752.